The molecule has 2 aliphatic heterocycles. The number of piperidine rings is 1. The number of nitrogens with zero attached hydrogens (tertiary/aromatic N) is 3. The number of amides is 2. The fourth-order valence-corrected chi connectivity index (χ4v) is 3.78. The summed E-state index contributed by atoms with van der Waals surface area (Å²) >= 11 is 0. The van der Waals surface area contributed by atoms with Crippen LogP contribution in [0.2, 0.25) is 0 Å². The Morgan fingerprint density at radius 3 is 2.29 bits per heavy atom. The quantitative estimate of drug-likeness (QED) is 0.829. The molecule has 0 saturated carbocycles. The zero-order chi connectivity index (χ0) is 17.3. The average Bonchev–Trinajstić information content (AvgIpc) is 2.58. The van der Waals surface area contributed by atoms with Gasteiger partial charge in [0.15, 0.2) is 0 Å². The van der Waals surface area contributed by atoms with E-state index in [1.54, 1.807) is 4.90 Å². The van der Waals surface area contributed by atoms with Crippen LogP contribution in [0.3, 0.4) is 0 Å². The molecule has 2 aliphatic rings. The normalized spacial score (nSPS) is 25.9. The molecule has 1 aromatic rings. The SMILES string of the molecule is Cc1ccc(C2C(C(=O)N3CCN(C)CC3)CCC(=O)N2C)cc1. The van der Waals surface area contributed by atoms with E-state index in [1.807, 2.05) is 18.9 Å². The fourth-order valence-electron chi connectivity index (χ4n) is 3.78. The highest BCUT2D eigenvalue weighted by molar-refractivity contribution is 5.85. The summed E-state index contributed by atoms with van der Waals surface area (Å²) in [7, 11) is 3.92. The molecule has 3 rings (SSSR count). The minimum absolute atomic E-state index is 0.128. The zero-order valence-corrected chi connectivity index (χ0v) is 14.9. The van der Waals surface area contributed by atoms with E-state index in [2.05, 4.69) is 36.2 Å². The summed E-state index contributed by atoms with van der Waals surface area (Å²) in [5, 5.41) is 0. The summed E-state index contributed by atoms with van der Waals surface area (Å²) in [6.07, 6.45) is 1.11. The number of piperazine rings is 1. The Morgan fingerprint density at radius 1 is 1.04 bits per heavy atom. The van der Waals surface area contributed by atoms with Crippen LogP contribution < -0.4 is 0 Å². The number of benzene rings is 1. The van der Waals surface area contributed by atoms with E-state index in [4.69, 9.17) is 0 Å². The number of likely N-dealkylation sites (tertiary alicyclic amines) is 1. The number of carbonyl (C=O) groups is 2. The molecule has 0 spiro atoms. The van der Waals surface area contributed by atoms with E-state index in [0.717, 1.165) is 31.7 Å². The number of hydrogen-bond acceptors (Lipinski definition) is 3. The number of carbonyl (C=O) groups excluding carboxylic acids is 2. The lowest BCUT2D eigenvalue weighted by atomic mass is 9.83. The third kappa shape index (κ3) is 3.31. The molecule has 5 heteroatoms. The smallest absolute Gasteiger partial charge is 0.228 e. The number of likely N-dealkylation sites (N-methyl/N-ethyl adjacent to an activating group) is 1. The van der Waals surface area contributed by atoms with Crippen molar-refractivity contribution in [1.82, 2.24) is 14.7 Å². The molecule has 2 amide bonds. The first-order valence-corrected chi connectivity index (χ1v) is 8.77. The lowest BCUT2D eigenvalue weighted by Gasteiger charge is -2.42. The van der Waals surface area contributed by atoms with Gasteiger partial charge in [0.25, 0.3) is 0 Å². The number of hydrogen-bond donors (Lipinski definition) is 0. The summed E-state index contributed by atoms with van der Waals surface area (Å²) < 4.78 is 0. The largest absolute Gasteiger partial charge is 0.340 e. The molecule has 2 atom stereocenters. The lowest BCUT2D eigenvalue weighted by molar-refractivity contribution is -0.147. The highest BCUT2D eigenvalue weighted by Crippen LogP contribution is 2.37. The van der Waals surface area contributed by atoms with Crippen LogP contribution in [-0.4, -0.2) is 66.8 Å². The molecule has 2 saturated heterocycles. The Hall–Kier alpha value is -1.88. The van der Waals surface area contributed by atoms with Crippen molar-refractivity contribution in [3.8, 4) is 0 Å². The third-order valence-corrected chi connectivity index (χ3v) is 5.41. The molecule has 1 aromatic carbocycles. The van der Waals surface area contributed by atoms with Gasteiger partial charge in [-0.05, 0) is 26.0 Å². The van der Waals surface area contributed by atoms with Crippen molar-refractivity contribution >= 4 is 11.8 Å². The Bertz CT molecular complexity index is 606. The van der Waals surface area contributed by atoms with Gasteiger partial charge in [-0.3, -0.25) is 9.59 Å². The Balaban J connectivity index is 1.84. The van der Waals surface area contributed by atoms with Gasteiger partial charge in [0.2, 0.25) is 11.8 Å². The molecule has 2 heterocycles. The first-order valence-electron chi connectivity index (χ1n) is 8.77. The molecule has 2 fully saturated rings. The fraction of sp³-hybridized carbons (Fsp3) is 0.579. The highest BCUT2D eigenvalue weighted by Gasteiger charge is 2.40. The molecule has 130 valence electrons. The predicted molar refractivity (Wildman–Crippen MR) is 93.5 cm³/mol. The summed E-state index contributed by atoms with van der Waals surface area (Å²) in [4.78, 5) is 31.4. The molecule has 0 bridgehead atoms. The zero-order valence-electron chi connectivity index (χ0n) is 14.9. The summed E-state index contributed by atoms with van der Waals surface area (Å²) in [5.41, 5.74) is 2.24. The first kappa shape index (κ1) is 17.0. The lowest BCUT2D eigenvalue weighted by Crippen LogP contribution is -2.52. The molecule has 5 nitrogen and oxygen atoms in total. The van der Waals surface area contributed by atoms with Gasteiger partial charge >= 0.3 is 0 Å². The second kappa shape index (κ2) is 6.93. The van der Waals surface area contributed by atoms with E-state index in [1.165, 1.54) is 5.56 Å². The van der Waals surface area contributed by atoms with Crippen LogP contribution in [0.5, 0.6) is 0 Å². The van der Waals surface area contributed by atoms with Gasteiger partial charge in [-0.15, -0.1) is 0 Å². The molecule has 24 heavy (non-hydrogen) atoms. The maximum atomic E-state index is 13.1. The second-order valence-electron chi connectivity index (χ2n) is 7.13. The Kier molecular flexibility index (Phi) is 4.90. The van der Waals surface area contributed by atoms with Crippen LogP contribution in [0.15, 0.2) is 24.3 Å². The summed E-state index contributed by atoms with van der Waals surface area (Å²) in [6.45, 7) is 5.45. The van der Waals surface area contributed by atoms with Crippen molar-refractivity contribution in [1.29, 1.82) is 0 Å². The monoisotopic (exact) mass is 329 g/mol. The third-order valence-electron chi connectivity index (χ3n) is 5.41. The molecule has 0 aromatic heterocycles. The van der Waals surface area contributed by atoms with Crippen LogP contribution in [0.25, 0.3) is 0 Å². The van der Waals surface area contributed by atoms with Crippen molar-refractivity contribution in [2.24, 2.45) is 5.92 Å². The van der Waals surface area contributed by atoms with E-state index in [0.29, 0.717) is 12.8 Å². The van der Waals surface area contributed by atoms with Gasteiger partial charge in [0.1, 0.15) is 0 Å². The van der Waals surface area contributed by atoms with Crippen molar-refractivity contribution in [3.05, 3.63) is 35.4 Å². The average molecular weight is 329 g/mol. The maximum Gasteiger partial charge on any atom is 0.228 e. The predicted octanol–water partition coefficient (Wildman–Crippen LogP) is 1.68. The summed E-state index contributed by atoms with van der Waals surface area (Å²) in [5.74, 6) is 0.190. The minimum atomic E-state index is -0.154. The molecule has 0 radical (unpaired) electrons. The Morgan fingerprint density at radius 2 is 1.67 bits per heavy atom. The highest BCUT2D eigenvalue weighted by atomic mass is 16.2. The van der Waals surface area contributed by atoms with Gasteiger partial charge < -0.3 is 14.7 Å². The standard InChI is InChI=1S/C19H27N3O2/c1-14-4-6-15(7-5-14)18-16(8-9-17(23)21(18)3)19(24)22-12-10-20(2)11-13-22/h4-7,16,18H,8-13H2,1-3H3. The van der Waals surface area contributed by atoms with Gasteiger partial charge in [-0.1, -0.05) is 29.8 Å². The van der Waals surface area contributed by atoms with E-state index >= 15 is 0 Å². The van der Waals surface area contributed by atoms with Crippen LogP contribution in [0, 0.1) is 12.8 Å². The van der Waals surface area contributed by atoms with Crippen LogP contribution >= 0.6 is 0 Å². The van der Waals surface area contributed by atoms with Gasteiger partial charge in [-0.2, -0.15) is 0 Å². The van der Waals surface area contributed by atoms with E-state index in [9.17, 15) is 9.59 Å². The van der Waals surface area contributed by atoms with Crippen LogP contribution in [0.4, 0.5) is 0 Å². The molecular formula is C19H27N3O2. The van der Waals surface area contributed by atoms with Gasteiger partial charge in [0.05, 0.1) is 12.0 Å². The van der Waals surface area contributed by atoms with Crippen LogP contribution in [-0.2, 0) is 9.59 Å². The maximum absolute atomic E-state index is 13.1. The second-order valence-corrected chi connectivity index (χ2v) is 7.13. The topological polar surface area (TPSA) is 43.9 Å². The van der Waals surface area contributed by atoms with E-state index < -0.39 is 0 Å². The molecular weight excluding hydrogens is 302 g/mol. The van der Waals surface area contributed by atoms with E-state index in [-0.39, 0.29) is 23.8 Å². The van der Waals surface area contributed by atoms with Crippen LogP contribution in [0.1, 0.15) is 30.0 Å². The minimum Gasteiger partial charge on any atom is -0.340 e. The van der Waals surface area contributed by atoms with Gasteiger partial charge in [-0.25, -0.2) is 0 Å². The van der Waals surface area contributed by atoms with Crippen molar-refractivity contribution in [3.63, 3.8) is 0 Å². The molecule has 0 N–H and O–H groups in total. The first-order chi connectivity index (χ1) is 11.5. The van der Waals surface area contributed by atoms with Crippen molar-refractivity contribution in [2.45, 2.75) is 25.8 Å². The Labute approximate surface area is 144 Å². The number of rotatable bonds is 2. The summed E-state index contributed by atoms with van der Waals surface area (Å²) in [6, 6.07) is 8.07. The van der Waals surface area contributed by atoms with Crippen molar-refractivity contribution in [2.75, 3.05) is 40.3 Å². The molecule has 2 unspecified atom stereocenters. The number of aryl methyl sites for hydroxylation is 1. The molecule has 0 aliphatic carbocycles. The van der Waals surface area contributed by atoms with Crippen molar-refractivity contribution < 1.29 is 9.59 Å². The van der Waals surface area contributed by atoms with Gasteiger partial charge in [0, 0.05) is 39.6 Å².